The Morgan fingerprint density at radius 1 is 1.17 bits per heavy atom. The normalized spacial score (nSPS) is 23.1. The highest BCUT2D eigenvalue weighted by Crippen LogP contribution is 2.38. The highest BCUT2D eigenvalue weighted by molar-refractivity contribution is 8.26. The van der Waals surface area contributed by atoms with E-state index in [1.807, 2.05) is 29.2 Å². The Hall–Kier alpha value is -1.53. The molecular formula is C17H17NO3S2. The molecule has 23 heavy (non-hydrogen) atoms. The molecule has 0 atom stereocenters. The second-order valence-corrected chi connectivity index (χ2v) is 7.63. The summed E-state index contributed by atoms with van der Waals surface area (Å²) in [7, 11) is 0. The first-order chi connectivity index (χ1) is 11.2. The molecule has 4 nitrogen and oxygen atoms in total. The van der Waals surface area contributed by atoms with Gasteiger partial charge in [-0.1, -0.05) is 49.3 Å². The molecule has 1 saturated carbocycles. The summed E-state index contributed by atoms with van der Waals surface area (Å²) in [5, 5.41) is 0. The van der Waals surface area contributed by atoms with Gasteiger partial charge in [0.15, 0.2) is 11.5 Å². The van der Waals surface area contributed by atoms with Crippen molar-refractivity contribution in [3.63, 3.8) is 0 Å². The van der Waals surface area contributed by atoms with Gasteiger partial charge in [-0.05, 0) is 36.6 Å². The first kappa shape index (κ1) is 15.0. The van der Waals surface area contributed by atoms with Gasteiger partial charge < -0.3 is 9.47 Å². The molecule has 6 heteroatoms. The highest BCUT2D eigenvalue weighted by atomic mass is 32.2. The fraction of sp³-hybridized carbons (Fsp3) is 0.412. The molecule has 2 aliphatic heterocycles. The van der Waals surface area contributed by atoms with Crippen LogP contribution < -0.4 is 9.47 Å². The Kier molecular flexibility index (Phi) is 4.03. The lowest BCUT2D eigenvalue weighted by Gasteiger charge is -2.29. The minimum absolute atomic E-state index is 0.0459. The average Bonchev–Trinajstić information content (AvgIpc) is 3.13. The number of benzene rings is 1. The number of ether oxygens (including phenoxy) is 2. The first-order valence-corrected chi connectivity index (χ1v) is 9.11. The molecule has 0 bridgehead atoms. The summed E-state index contributed by atoms with van der Waals surface area (Å²) in [6.07, 6.45) is 7.64. The van der Waals surface area contributed by atoms with Crippen molar-refractivity contribution in [2.45, 2.75) is 38.1 Å². The zero-order chi connectivity index (χ0) is 15.8. The third-order valence-electron chi connectivity index (χ3n) is 4.46. The van der Waals surface area contributed by atoms with Crippen molar-refractivity contribution >= 4 is 40.3 Å². The Bertz CT molecular complexity index is 695. The number of fused-ring (bicyclic) bond motifs is 1. The highest BCUT2D eigenvalue weighted by Gasteiger charge is 2.37. The SMILES string of the molecule is O=C1C(=Cc2ccc3c(c2)OCO3)SC(=S)N1C1CCCCC1. The van der Waals surface area contributed by atoms with Crippen molar-refractivity contribution in [3.8, 4) is 11.5 Å². The summed E-state index contributed by atoms with van der Waals surface area (Å²) < 4.78 is 11.4. The fourth-order valence-electron chi connectivity index (χ4n) is 3.29. The number of carbonyl (C=O) groups is 1. The van der Waals surface area contributed by atoms with Gasteiger partial charge in [0.25, 0.3) is 5.91 Å². The lowest BCUT2D eigenvalue weighted by Crippen LogP contribution is -2.39. The number of thioether (sulfide) groups is 1. The van der Waals surface area contributed by atoms with Gasteiger partial charge >= 0.3 is 0 Å². The molecule has 0 radical (unpaired) electrons. The van der Waals surface area contributed by atoms with Gasteiger partial charge in [0, 0.05) is 6.04 Å². The van der Waals surface area contributed by atoms with E-state index < -0.39 is 0 Å². The van der Waals surface area contributed by atoms with Gasteiger partial charge in [-0.3, -0.25) is 9.69 Å². The number of hydrogen-bond acceptors (Lipinski definition) is 5. The predicted octanol–water partition coefficient (Wildman–Crippen LogP) is 3.95. The number of amides is 1. The van der Waals surface area contributed by atoms with Crippen molar-refractivity contribution in [2.24, 2.45) is 0 Å². The number of carbonyl (C=O) groups excluding carboxylic acids is 1. The maximum atomic E-state index is 12.7. The van der Waals surface area contributed by atoms with Crippen molar-refractivity contribution in [1.29, 1.82) is 0 Å². The Morgan fingerprint density at radius 3 is 2.78 bits per heavy atom. The Labute approximate surface area is 144 Å². The zero-order valence-electron chi connectivity index (χ0n) is 12.6. The summed E-state index contributed by atoms with van der Waals surface area (Å²) in [5.41, 5.74) is 0.929. The van der Waals surface area contributed by atoms with Crippen molar-refractivity contribution in [3.05, 3.63) is 28.7 Å². The third kappa shape index (κ3) is 2.85. The predicted molar refractivity (Wildman–Crippen MR) is 94.5 cm³/mol. The number of nitrogens with zero attached hydrogens (tertiary/aromatic N) is 1. The van der Waals surface area contributed by atoms with Crippen LogP contribution in [0.5, 0.6) is 11.5 Å². The second-order valence-electron chi connectivity index (χ2n) is 5.96. The summed E-state index contributed by atoms with van der Waals surface area (Å²) in [6, 6.07) is 5.98. The van der Waals surface area contributed by atoms with E-state index in [-0.39, 0.29) is 18.7 Å². The second kappa shape index (κ2) is 6.17. The Morgan fingerprint density at radius 2 is 1.96 bits per heavy atom. The van der Waals surface area contributed by atoms with Crippen LogP contribution in [0.15, 0.2) is 23.1 Å². The van der Waals surface area contributed by atoms with Crippen molar-refractivity contribution < 1.29 is 14.3 Å². The summed E-state index contributed by atoms with van der Waals surface area (Å²) in [6.45, 7) is 0.253. The molecule has 0 N–H and O–H groups in total. The van der Waals surface area contributed by atoms with Crippen LogP contribution in [0.3, 0.4) is 0 Å². The molecule has 3 aliphatic rings. The first-order valence-electron chi connectivity index (χ1n) is 7.89. The van der Waals surface area contributed by atoms with Crippen LogP contribution in [0.2, 0.25) is 0 Å². The van der Waals surface area contributed by atoms with E-state index in [9.17, 15) is 4.79 Å². The summed E-state index contributed by atoms with van der Waals surface area (Å²) >= 11 is 6.85. The average molecular weight is 347 g/mol. The smallest absolute Gasteiger partial charge is 0.266 e. The minimum Gasteiger partial charge on any atom is -0.454 e. The zero-order valence-corrected chi connectivity index (χ0v) is 14.3. The van der Waals surface area contributed by atoms with E-state index >= 15 is 0 Å². The van der Waals surface area contributed by atoms with Crippen LogP contribution in [0, 0.1) is 0 Å². The minimum atomic E-state index is 0.0459. The van der Waals surface area contributed by atoms with Crippen LogP contribution in [0.25, 0.3) is 6.08 Å². The van der Waals surface area contributed by atoms with E-state index in [4.69, 9.17) is 21.7 Å². The quantitative estimate of drug-likeness (QED) is 0.598. The maximum absolute atomic E-state index is 12.7. The largest absolute Gasteiger partial charge is 0.454 e. The van der Waals surface area contributed by atoms with Gasteiger partial charge in [-0.15, -0.1) is 0 Å². The molecule has 2 heterocycles. The topological polar surface area (TPSA) is 38.8 Å². The van der Waals surface area contributed by atoms with E-state index in [2.05, 4.69) is 0 Å². The molecule has 1 amide bonds. The molecule has 1 aromatic carbocycles. The lowest BCUT2D eigenvalue weighted by atomic mass is 9.94. The fourth-order valence-corrected chi connectivity index (χ4v) is 4.69. The number of rotatable bonds is 2. The van der Waals surface area contributed by atoms with Crippen LogP contribution in [0.4, 0.5) is 0 Å². The molecule has 0 spiro atoms. The molecule has 2 fully saturated rings. The van der Waals surface area contributed by atoms with Gasteiger partial charge in [-0.25, -0.2) is 0 Å². The van der Waals surface area contributed by atoms with Crippen LogP contribution in [-0.2, 0) is 4.79 Å². The van der Waals surface area contributed by atoms with E-state index in [1.54, 1.807) is 0 Å². The van der Waals surface area contributed by atoms with Crippen molar-refractivity contribution in [1.82, 2.24) is 4.90 Å². The molecule has 1 aromatic rings. The number of hydrogen-bond donors (Lipinski definition) is 0. The third-order valence-corrected chi connectivity index (χ3v) is 5.79. The molecule has 0 unspecified atom stereocenters. The number of thiocarbonyl (C=S) groups is 1. The van der Waals surface area contributed by atoms with Crippen LogP contribution >= 0.6 is 24.0 Å². The Balaban J connectivity index is 1.57. The summed E-state index contributed by atoms with van der Waals surface area (Å²) in [5.74, 6) is 1.52. The van der Waals surface area contributed by atoms with Crippen LogP contribution in [-0.4, -0.2) is 28.0 Å². The van der Waals surface area contributed by atoms with E-state index in [0.29, 0.717) is 9.23 Å². The molecule has 1 saturated heterocycles. The standard InChI is InChI=1S/C17H17NO3S2/c19-16-15(9-11-6-7-13-14(8-11)21-10-20-13)23-17(22)18(16)12-4-2-1-3-5-12/h6-9,12H,1-5,10H2. The van der Waals surface area contributed by atoms with E-state index in [0.717, 1.165) is 29.9 Å². The van der Waals surface area contributed by atoms with Gasteiger partial charge in [0.05, 0.1) is 4.91 Å². The van der Waals surface area contributed by atoms with Crippen LogP contribution in [0.1, 0.15) is 37.7 Å². The molecule has 1 aliphatic carbocycles. The summed E-state index contributed by atoms with van der Waals surface area (Å²) in [4.78, 5) is 15.3. The maximum Gasteiger partial charge on any atom is 0.266 e. The molecular weight excluding hydrogens is 330 g/mol. The molecule has 0 aromatic heterocycles. The lowest BCUT2D eigenvalue weighted by molar-refractivity contribution is -0.124. The van der Waals surface area contributed by atoms with Gasteiger partial charge in [0.1, 0.15) is 4.32 Å². The monoisotopic (exact) mass is 347 g/mol. The van der Waals surface area contributed by atoms with Crippen molar-refractivity contribution in [2.75, 3.05) is 6.79 Å². The van der Waals surface area contributed by atoms with E-state index in [1.165, 1.54) is 31.0 Å². The molecule has 4 rings (SSSR count). The molecule has 120 valence electrons. The van der Waals surface area contributed by atoms with Gasteiger partial charge in [-0.2, -0.15) is 0 Å². The van der Waals surface area contributed by atoms with Gasteiger partial charge in [0.2, 0.25) is 6.79 Å².